The molecule has 3 aromatic carbocycles. The van der Waals surface area contributed by atoms with Gasteiger partial charge in [-0.15, -0.1) is 0 Å². The number of fused-ring (bicyclic) bond motifs is 1. The van der Waals surface area contributed by atoms with Crippen molar-refractivity contribution in [1.82, 2.24) is 4.98 Å². The zero-order chi connectivity index (χ0) is 19.8. The Balaban J connectivity index is 1.74. The number of aromatic nitrogens is 1. The van der Waals surface area contributed by atoms with Crippen molar-refractivity contribution in [2.75, 3.05) is 0 Å². The van der Waals surface area contributed by atoms with Crippen LogP contribution >= 0.6 is 15.9 Å². The lowest BCUT2D eigenvalue weighted by molar-refractivity contribution is 0.470. The second-order valence-electron chi connectivity index (χ2n) is 6.58. The molecule has 1 aromatic heterocycles. The molecule has 0 saturated heterocycles. The largest absolute Gasteiger partial charge is 0.507 e. The Labute approximate surface area is 170 Å². The first kappa shape index (κ1) is 18.3. The van der Waals surface area contributed by atoms with Crippen molar-refractivity contribution in [1.29, 1.82) is 0 Å². The van der Waals surface area contributed by atoms with Gasteiger partial charge in [0.2, 0.25) is 5.89 Å². The highest BCUT2D eigenvalue weighted by atomic mass is 79.9. The molecule has 0 aliphatic carbocycles. The molecular weight excluding hydrogens is 420 g/mol. The van der Waals surface area contributed by atoms with Gasteiger partial charge in [-0.25, -0.2) is 4.98 Å². The molecule has 0 bridgehead atoms. The van der Waals surface area contributed by atoms with Crippen molar-refractivity contribution >= 4 is 38.9 Å². The molecule has 140 valence electrons. The van der Waals surface area contributed by atoms with E-state index < -0.39 is 0 Å². The number of hydrogen-bond donors (Lipinski definition) is 2. The molecule has 0 fully saturated rings. The number of phenols is 2. The summed E-state index contributed by atoms with van der Waals surface area (Å²) >= 11 is 3.33. The van der Waals surface area contributed by atoms with Gasteiger partial charge in [0.05, 0.1) is 15.7 Å². The van der Waals surface area contributed by atoms with Crippen LogP contribution in [0.4, 0.5) is 5.69 Å². The van der Waals surface area contributed by atoms with Gasteiger partial charge >= 0.3 is 0 Å². The number of hydrogen-bond acceptors (Lipinski definition) is 5. The highest BCUT2D eigenvalue weighted by molar-refractivity contribution is 9.10. The van der Waals surface area contributed by atoms with Crippen LogP contribution in [0.3, 0.4) is 0 Å². The summed E-state index contributed by atoms with van der Waals surface area (Å²) in [6.45, 7) is 3.90. The summed E-state index contributed by atoms with van der Waals surface area (Å²) in [5.41, 5.74) is 5.09. The minimum Gasteiger partial charge on any atom is -0.507 e. The molecule has 0 saturated carbocycles. The number of aliphatic imine (C=N–C) groups is 1. The molecule has 6 heteroatoms. The molecule has 4 rings (SSSR count). The van der Waals surface area contributed by atoms with Crippen LogP contribution in [0, 0.1) is 13.8 Å². The third-order valence-corrected chi connectivity index (χ3v) is 5.03. The Morgan fingerprint density at radius 1 is 1.07 bits per heavy atom. The van der Waals surface area contributed by atoms with Crippen LogP contribution in [0.5, 0.6) is 11.5 Å². The van der Waals surface area contributed by atoms with Crippen molar-refractivity contribution in [3.63, 3.8) is 0 Å². The number of phenolic OH excluding ortho intramolecular Hbond substituents is 2. The second kappa shape index (κ2) is 7.13. The van der Waals surface area contributed by atoms with Crippen LogP contribution in [0.25, 0.3) is 22.6 Å². The number of rotatable bonds is 3. The summed E-state index contributed by atoms with van der Waals surface area (Å²) in [4.78, 5) is 8.95. The van der Waals surface area contributed by atoms with Crippen LogP contribution in [0.1, 0.15) is 16.7 Å². The van der Waals surface area contributed by atoms with Crippen LogP contribution in [-0.4, -0.2) is 21.4 Å². The lowest BCUT2D eigenvalue weighted by Gasteiger charge is -2.04. The van der Waals surface area contributed by atoms with E-state index >= 15 is 0 Å². The average Bonchev–Trinajstić information content (AvgIpc) is 3.10. The lowest BCUT2D eigenvalue weighted by atomic mass is 10.1. The summed E-state index contributed by atoms with van der Waals surface area (Å²) in [6, 6.07) is 14.3. The van der Waals surface area contributed by atoms with Crippen LogP contribution in [0.2, 0.25) is 0 Å². The van der Waals surface area contributed by atoms with E-state index in [2.05, 4.69) is 25.9 Å². The highest BCUT2D eigenvalue weighted by Crippen LogP contribution is 2.35. The fourth-order valence-electron chi connectivity index (χ4n) is 2.98. The molecule has 0 radical (unpaired) electrons. The van der Waals surface area contributed by atoms with Crippen LogP contribution < -0.4 is 0 Å². The maximum Gasteiger partial charge on any atom is 0.231 e. The number of aryl methyl sites for hydroxylation is 2. The molecule has 0 spiro atoms. The molecule has 28 heavy (non-hydrogen) atoms. The molecule has 5 nitrogen and oxygen atoms in total. The van der Waals surface area contributed by atoms with Gasteiger partial charge in [-0.3, -0.25) is 4.99 Å². The average molecular weight is 437 g/mol. The van der Waals surface area contributed by atoms with E-state index in [1.165, 1.54) is 0 Å². The zero-order valence-electron chi connectivity index (χ0n) is 15.3. The fraction of sp³-hybridized carbons (Fsp3) is 0.0909. The number of halogens is 1. The zero-order valence-corrected chi connectivity index (χ0v) is 16.9. The summed E-state index contributed by atoms with van der Waals surface area (Å²) in [7, 11) is 0. The van der Waals surface area contributed by atoms with E-state index in [1.807, 2.05) is 44.2 Å². The van der Waals surface area contributed by atoms with E-state index in [1.54, 1.807) is 24.4 Å². The molecule has 0 atom stereocenters. The fourth-order valence-corrected chi connectivity index (χ4v) is 3.57. The van der Waals surface area contributed by atoms with Crippen molar-refractivity contribution in [2.24, 2.45) is 4.99 Å². The number of aromatic hydroxyl groups is 2. The standard InChI is InChI=1S/C22H17BrN2O3/c1-12-8-14(21(27)17(23)9-12)11-24-15-6-7-18(26)16(10-15)22-25-20-13(2)4-3-5-19(20)28-22/h3-11,26-27H,1-2H3. The quantitative estimate of drug-likeness (QED) is 0.383. The first-order valence-electron chi connectivity index (χ1n) is 8.65. The van der Waals surface area contributed by atoms with Gasteiger partial charge in [0.15, 0.2) is 5.58 Å². The Kier molecular flexibility index (Phi) is 4.65. The second-order valence-corrected chi connectivity index (χ2v) is 7.44. The van der Waals surface area contributed by atoms with Crippen molar-refractivity contribution < 1.29 is 14.6 Å². The van der Waals surface area contributed by atoms with Gasteiger partial charge in [0.1, 0.15) is 17.0 Å². The first-order chi connectivity index (χ1) is 13.4. The maximum atomic E-state index is 10.3. The minimum atomic E-state index is 0.0595. The van der Waals surface area contributed by atoms with Gasteiger partial charge in [-0.2, -0.15) is 0 Å². The number of nitrogens with zero attached hydrogens (tertiary/aromatic N) is 2. The van der Waals surface area contributed by atoms with Crippen LogP contribution in [-0.2, 0) is 0 Å². The SMILES string of the molecule is Cc1cc(Br)c(O)c(C=Nc2ccc(O)c(-c3nc4c(C)cccc4o3)c2)c1. The van der Waals surface area contributed by atoms with E-state index in [0.29, 0.717) is 32.8 Å². The van der Waals surface area contributed by atoms with E-state index in [9.17, 15) is 10.2 Å². The number of benzene rings is 3. The predicted octanol–water partition coefficient (Wildman–Crippen LogP) is 6.04. The third kappa shape index (κ3) is 3.39. The third-order valence-electron chi connectivity index (χ3n) is 4.42. The summed E-state index contributed by atoms with van der Waals surface area (Å²) in [6.07, 6.45) is 1.58. The number of oxazole rings is 1. The topological polar surface area (TPSA) is 78.9 Å². The molecule has 2 N–H and O–H groups in total. The van der Waals surface area contributed by atoms with E-state index in [4.69, 9.17) is 4.42 Å². The Morgan fingerprint density at radius 2 is 1.89 bits per heavy atom. The van der Waals surface area contributed by atoms with E-state index in [0.717, 1.165) is 16.6 Å². The smallest absolute Gasteiger partial charge is 0.231 e. The van der Waals surface area contributed by atoms with Crippen molar-refractivity contribution in [2.45, 2.75) is 13.8 Å². The molecule has 0 aliphatic rings. The van der Waals surface area contributed by atoms with Crippen molar-refractivity contribution in [3.05, 3.63) is 69.7 Å². The Hall–Kier alpha value is -3.12. The first-order valence-corrected chi connectivity index (χ1v) is 9.44. The van der Waals surface area contributed by atoms with Gasteiger partial charge in [-0.05, 0) is 77.3 Å². The van der Waals surface area contributed by atoms with Gasteiger partial charge in [0.25, 0.3) is 0 Å². The minimum absolute atomic E-state index is 0.0595. The lowest BCUT2D eigenvalue weighted by Crippen LogP contribution is -1.86. The molecule has 1 heterocycles. The molecule has 0 aliphatic heterocycles. The van der Waals surface area contributed by atoms with Crippen LogP contribution in [0.15, 0.2) is 62.4 Å². The van der Waals surface area contributed by atoms with Gasteiger partial charge in [-0.1, -0.05) is 12.1 Å². The molecule has 0 amide bonds. The summed E-state index contributed by atoms with van der Waals surface area (Å²) in [5, 5.41) is 20.5. The molecule has 4 aromatic rings. The predicted molar refractivity (Wildman–Crippen MR) is 114 cm³/mol. The monoisotopic (exact) mass is 436 g/mol. The highest BCUT2D eigenvalue weighted by Gasteiger charge is 2.14. The number of para-hydroxylation sites is 1. The van der Waals surface area contributed by atoms with Gasteiger partial charge < -0.3 is 14.6 Å². The Bertz CT molecular complexity index is 1230. The summed E-state index contributed by atoms with van der Waals surface area (Å²) < 4.78 is 6.43. The molecule has 0 unspecified atom stereocenters. The normalized spacial score (nSPS) is 11.5. The van der Waals surface area contributed by atoms with Crippen molar-refractivity contribution in [3.8, 4) is 23.0 Å². The molecular formula is C22H17BrN2O3. The Morgan fingerprint density at radius 3 is 2.68 bits per heavy atom. The maximum absolute atomic E-state index is 10.3. The van der Waals surface area contributed by atoms with Gasteiger partial charge in [0, 0.05) is 11.8 Å². The summed E-state index contributed by atoms with van der Waals surface area (Å²) in [5.74, 6) is 0.520. The van der Waals surface area contributed by atoms with E-state index in [-0.39, 0.29) is 11.5 Å².